The molecule has 0 spiro atoms. The van der Waals surface area contributed by atoms with Crippen molar-refractivity contribution in [1.29, 1.82) is 0 Å². The number of ether oxygens (including phenoxy) is 1. The molecule has 0 bridgehead atoms. The van der Waals surface area contributed by atoms with E-state index in [4.69, 9.17) is 4.74 Å². The van der Waals surface area contributed by atoms with E-state index in [0.717, 1.165) is 29.8 Å². The fourth-order valence-corrected chi connectivity index (χ4v) is 4.30. The molecule has 2 heterocycles. The second-order valence-electron chi connectivity index (χ2n) is 6.53. The molecule has 0 radical (unpaired) electrons. The molecule has 4 rings (SSSR count). The van der Waals surface area contributed by atoms with Crippen molar-refractivity contribution in [3.05, 3.63) is 63.6 Å². The molecule has 2 aliphatic rings. The zero-order chi connectivity index (χ0) is 15.2. The van der Waals surface area contributed by atoms with Gasteiger partial charge in [0.2, 0.25) is 0 Å². The van der Waals surface area contributed by atoms with Crippen LogP contribution in [0.1, 0.15) is 23.1 Å². The van der Waals surface area contributed by atoms with E-state index in [-0.39, 0.29) is 17.8 Å². The van der Waals surface area contributed by atoms with Gasteiger partial charge in [-0.3, -0.25) is 0 Å². The van der Waals surface area contributed by atoms with Gasteiger partial charge in [0.05, 0.1) is 6.04 Å². The molecule has 2 unspecified atom stereocenters. The third-order valence-corrected chi connectivity index (χ3v) is 5.65. The van der Waals surface area contributed by atoms with Crippen LogP contribution in [-0.2, 0) is 11.8 Å². The van der Waals surface area contributed by atoms with E-state index < -0.39 is 0 Å². The molecule has 2 aliphatic heterocycles. The lowest BCUT2D eigenvalue weighted by molar-refractivity contribution is 0.187. The lowest BCUT2D eigenvalue weighted by Gasteiger charge is -2.41. The zero-order valence-electron chi connectivity index (χ0n) is 13.1. The Hall–Kier alpha value is -1.03. The standard InChI is InChI=1S/C19H20BrNO.ClH/c1-13-2-4-14(5-3-13)11-19-8-9-21-18(19)12-22-17-10-15(20)6-7-16(17)19;/h2-7,10,18,21H,8-9,11-12H2,1H3;1H. The summed E-state index contributed by atoms with van der Waals surface area (Å²) < 4.78 is 7.09. The predicted octanol–water partition coefficient (Wildman–Crippen LogP) is 4.41. The summed E-state index contributed by atoms with van der Waals surface area (Å²) in [5.41, 5.74) is 4.25. The van der Waals surface area contributed by atoms with Crippen LogP contribution in [0, 0.1) is 6.92 Å². The van der Waals surface area contributed by atoms with Gasteiger partial charge in [-0.2, -0.15) is 0 Å². The highest BCUT2D eigenvalue weighted by molar-refractivity contribution is 9.10. The molecule has 0 saturated carbocycles. The van der Waals surface area contributed by atoms with Crippen molar-refractivity contribution in [2.45, 2.75) is 31.2 Å². The molecule has 1 fully saturated rings. The highest BCUT2D eigenvalue weighted by atomic mass is 79.9. The third-order valence-electron chi connectivity index (χ3n) is 5.15. The van der Waals surface area contributed by atoms with E-state index in [2.05, 4.69) is 70.6 Å². The SMILES string of the molecule is Cc1ccc(CC23CCNC2COc2cc(Br)ccc23)cc1.Cl. The topological polar surface area (TPSA) is 21.3 Å². The minimum Gasteiger partial charge on any atom is -0.492 e. The third kappa shape index (κ3) is 2.90. The Morgan fingerprint density at radius 1 is 1.22 bits per heavy atom. The average Bonchev–Trinajstić information content (AvgIpc) is 2.93. The number of benzene rings is 2. The maximum absolute atomic E-state index is 6.01. The highest BCUT2D eigenvalue weighted by Gasteiger charge is 2.48. The summed E-state index contributed by atoms with van der Waals surface area (Å²) in [6.07, 6.45) is 2.24. The first-order valence-electron chi connectivity index (χ1n) is 7.89. The van der Waals surface area contributed by atoms with E-state index in [0.29, 0.717) is 6.04 Å². The molecular weight excluding hydrogens is 374 g/mol. The molecule has 4 heteroatoms. The van der Waals surface area contributed by atoms with Crippen LogP contribution < -0.4 is 10.1 Å². The number of hydrogen-bond acceptors (Lipinski definition) is 2. The van der Waals surface area contributed by atoms with Gasteiger partial charge < -0.3 is 10.1 Å². The molecule has 0 aliphatic carbocycles. The van der Waals surface area contributed by atoms with Gasteiger partial charge in [0.15, 0.2) is 0 Å². The Morgan fingerprint density at radius 3 is 2.78 bits per heavy atom. The predicted molar refractivity (Wildman–Crippen MR) is 99.9 cm³/mol. The number of nitrogens with one attached hydrogen (secondary N) is 1. The second-order valence-corrected chi connectivity index (χ2v) is 7.44. The summed E-state index contributed by atoms with van der Waals surface area (Å²) >= 11 is 3.56. The van der Waals surface area contributed by atoms with Crippen LogP contribution >= 0.6 is 28.3 Å². The van der Waals surface area contributed by atoms with Crippen molar-refractivity contribution in [2.75, 3.05) is 13.2 Å². The van der Waals surface area contributed by atoms with Gasteiger partial charge in [0.25, 0.3) is 0 Å². The summed E-state index contributed by atoms with van der Waals surface area (Å²) in [4.78, 5) is 0. The van der Waals surface area contributed by atoms with Gasteiger partial charge in [-0.05, 0) is 44.0 Å². The van der Waals surface area contributed by atoms with Gasteiger partial charge in [0, 0.05) is 15.5 Å². The van der Waals surface area contributed by atoms with Crippen LogP contribution in [0.3, 0.4) is 0 Å². The quantitative estimate of drug-likeness (QED) is 0.814. The number of aryl methyl sites for hydroxylation is 1. The fraction of sp³-hybridized carbons (Fsp3) is 0.368. The molecule has 0 amide bonds. The van der Waals surface area contributed by atoms with Crippen LogP contribution in [0.25, 0.3) is 0 Å². The summed E-state index contributed by atoms with van der Waals surface area (Å²) in [5, 5.41) is 3.65. The van der Waals surface area contributed by atoms with Crippen LogP contribution in [0.4, 0.5) is 0 Å². The van der Waals surface area contributed by atoms with Gasteiger partial charge in [-0.25, -0.2) is 0 Å². The summed E-state index contributed by atoms with van der Waals surface area (Å²) in [6, 6.07) is 15.9. The van der Waals surface area contributed by atoms with Gasteiger partial charge in [-0.15, -0.1) is 12.4 Å². The van der Waals surface area contributed by atoms with Crippen LogP contribution in [-0.4, -0.2) is 19.2 Å². The van der Waals surface area contributed by atoms with Crippen LogP contribution in [0.2, 0.25) is 0 Å². The molecule has 122 valence electrons. The maximum atomic E-state index is 6.01. The summed E-state index contributed by atoms with van der Waals surface area (Å²) in [5.74, 6) is 1.04. The highest BCUT2D eigenvalue weighted by Crippen LogP contribution is 2.46. The van der Waals surface area contributed by atoms with E-state index in [1.54, 1.807) is 0 Å². The average molecular weight is 395 g/mol. The normalized spacial score (nSPS) is 25.0. The van der Waals surface area contributed by atoms with E-state index in [9.17, 15) is 0 Å². The number of rotatable bonds is 2. The van der Waals surface area contributed by atoms with Crippen molar-refractivity contribution in [2.24, 2.45) is 0 Å². The summed E-state index contributed by atoms with van der Waals surface area (Å²) in [6.45, 7) is 3.97. The van der Waals surface area contributed by atoms with Crippen LogP contribution in [0.5, 0.6) is 5.75 Å². The lowest BCUT2D eigenvalue weighted by atomic mass is 9.69. The molecule has 1 N–H and O–H groups in total. The Labute approximate surface area is 152 Å². The molecule has 2 aromatic rings. The Bertz CT molecular complexity index is 703. The smallest absolute Gasteiger partial charge is 0.124 e. The lowest BCUT2D eigenvalue weighted by Crippen LogP contribution is -2.49. The van der Waals surface area contributed by atoms with E-state index in [1.807, 2.05) is 0 Å². The molecule has 23 heavy (non-hydrogen) atoms. The summed E-state index contributed by atoms with van der Waals surface area (Å²) in [7, 11) is 0. The molecule has 2 aromatic carbocycles. The van der Waals surface area contributed by atoms with Gasteiger partial charge in [-0.1, -0.05) is 51.8 Å². The van der Waals surface area contributed by atoms with Crippen molar-refractivity contribution in [1.82, 2.24) is 5.32 Å². The zero-order valence-corrected chi connectivity index (χ0v) is 15.5. The molecule has 1 saturated heterocycles. The van der Waals surface area contributed by atoms with E-state index >= 15 is 0 Å². The van der Waals surface area contributed by atoms with E-state index in [1.165, 1.54) is 23.1 Å². The Kier molecular flexibility index (Phi) is 4.73. The minimum atomic E-state index is 0. The molecule has 2 atom stereocenters. The molecule has 2 nitrogen and oxygen atoms in total. The first kappa shape index (κ1) is 16.8. The van der Waals surface area contributed by atoms with Crippen molar-refractivity contribution in [3.8, 4) is 5.75 Å². The first-order valence-corrected chi connectivity index (χ1v) is 8.68. The van der Waals surface area contributed by atoms with Crippen LogP contribution in [0.15, 0.2) is 46.9 Å². The second kappa shape index (κ2) is 6.46. The monoisotopic (exact) mass is 393 g/mol. The maximum Gasteiger partial charge on any atom is 0.124 e. The molecule has 0 aromatic heterocycles. The molecular formula is C19H21BrClNO. The fourth-order valence-electron chi connectivity index (χ4n) is 3.96. The number of hydrogen-bond donors (Lipinski definition) is 1. The number of halogens is 2. The van der Waals surface area contributed by atoms with Gasteiger partial charge >= 0.3 is 0 Å². The first-order chi connectivity index (χ1) is 10.7. The van der Waals surface area contributed by atoms with Crippen molar-refractivity contribution < 1.29 is 4.74 Å². The number of fused-ring (bicyclic) bond motifs is 3. The van der Waals surface area contributed by atoms with Crippen molar-refractivity contribution in [3.63, 3.8) is 0 Å². The largest absolute Gasteiger partial charge is 0.492 e. The Balaban J connectivity index is 0.00000156. The minimum absolute atomic E-state index is 0. The van der Waals surface area contributed by atoms with Gasteiger partial charge in [0.1, 0.15) is 12.4 Å². The Morgan fingerprint density at radius 2 is 2.00 bits per heavy atom. The van der Waals surface area contributed by atoms with Crippen molar-refractivity contribution >= 4 is 28.3 Å².